The van der Waals surface area contributed by atoms with E-state index in [0.29, 0.717) is 12.0 Å². The Balaban J connectivity index is 2.01. The van der Waals surface area contributed by atoms with Gasteiger partial charge in [-0.2, -0.15) is 0 Å². The van der Waals surface area contributed by atoms with Gasteiger partial charge in [-0.1, -0.05) is 31.5 Å². The molecule has 19 heavy (non-hydrogen) atoms. The first-order chi connectivity index (χ1) is 9.05. The van der Waals surface area contributed by atoms with Crippen molar-refractivity contribution in [2.24, 2.45) is 5.92 Å². The first kappa shape index (κ1) is 14.9. The van der Waals surface area contributed by atoms with E-state index in [1.165, 1.54) is 23.3 Å². The summed E-state index contributed by atoms with van der Waals surface area (Å²) in [5.41, 5.74) is 1.18. The van der Waals surface area contributed by atoms with Crippen LogP contribution in [-0.2, 0) is 0 Å². The van der Waals surface area contributed by atoms with Crippen LogP contribution in [0.15, 0.2) is 29.2 Å². The molecule has 0 amide bonds. The zero-order valence-corrected chi connectivity index (χ0v) is 13.0. The van der Waals surface area contributed by atoms with Crippen LogP contribution in [0, 0.1) is 12.8 Å². The summed E-state index contributed by atoms with van der Waals surface area (Å²) in [7, 11) is 0. The van der Waals surface area contributed by atoms with Crippen LogP contribution in [-0.4, -0.2) is 29.0 Å². The fraction of sp³-hybridized carbons (Fsp3) is 0.625. The molecule has 0 aromatic heterocycles. The minimum Gasteiger partial charge on any atom is -0.394 e. The maximum absolute atomic E-state index is 9.88. The standard InChI is InChI=1S/C16H25NOS/c1-12(2)17-16(10-18,14-6-7-14)11-19-15-8-4-13(3)5-9-15/h4-5,8-9,12,14,17-18H,6-7,10-11H2,1-3H3. The smallest absolute Gasteiger partial charge is 0.0624 e. The van der Waals surface area contributed by atoms with E-state index in [4.69, 9.17) is 0 Å². The second-order valence-electron chi connectivity index (χ2n) is 5.99. The zero-order chi connectivity index (χ0) is 13.9. The minimum absolute atomic E-state index is 0.107. The predicted octanol–water partition coefficient (Wildman–Crippen LogP) is 3.23. The van der Waals surface area contributed by atoms with Crippen molar-refractivity contribution in [2.45, 2.75) is 50.1 Å². The highest BCUT2D eigenvalue weighted by atomic mass is 32.2. The summed E-state index contributed by atoms with van der Waals surface area (Å²) < 4.78 is 0. The number of rotatable bonds is 7. The molecule has 1 fully saturated rings. The molecule has 0 bridgehead atoms. The summed E-state index contributed by atoms with van der Waals surface area (Å²) in [5.74, 6) is 1.58. The quantitative estimate of drug-likeness (QED) is 0.752. The van der Waals surface area contributed by atoms with Crippen molar-refractivity contribution in [2.75, 3.05) is 12.4 Å². The van der Waals surface area contributed by atoms with Gasteiger partial charge >= 0.3 is 0 Å². The summed E-state index contributed by atoms with van der Waals surface area (Å²) in [5, 5.41) is 13.5. The zero-order valence-electron chi connectivity index (χ0n) is 12.1. The third kappa shape index (κ3) is 3.98. The van der Waals surface area contributed by atoms with Gasteiger partial charge < -0.3 is 10.4 Å². The highest BCUT2D eigenvalue weighted by Gasteiger charge is 2.44. The molecule has 1 atom stereocenters. The van der Waals surface area contributed by atoms with Gasteiger partial charge in [-0.15, -0.1) is 11.8 Å². The van der Waals surface area contributed by atoms with Gasteiger partial charge in [0, 0.05) is 16.7 Å². The molecule has 2 nitrogen and oxygen atoms in total. The fourth-order valence-corrected chi connectivity index (χ4v) is 3.72. The molecule has 0 aliphatic heterocycles. The van der Waals surface area contributed by atoms with E-state index in [2.05, 4.69) is 50.4 Å². The third-order valence-electron chi connectivity index (χ3n) is 3.73. The highest BCUT2D eigenvalue weighted by Crippen LogP contribution is 2.42. The van der Waals surface area contributed by atoms with Gasteiger partial charge in [0.15, 0.2) is 0 Å². The lowest BCUT2D eigenvalue weighted by Crippen LogP contribution is -2.55. The Morgan fingerprint density at radius 2 is 1.95 bits per heavy atom. The van der Waals surface area contributed by atoms with E-state index in [9.17, 15) is 5.11 Å². The van der Waals surface area contributed by atoms with Crippen molar-refractivity contribution in [3.8, 4) is 0 Å². The van der Waals surface area contributed by atoms with Crippen LogP contribution in [0.2, 0.25) is 0 Å². The Bertz CT molecular complexity index is 400. The highest BCUT2D eigenvalue weighted by molar-refractivity contribution is 7.99. The molecule has 1 aliphatic rings. The summed E-state index contributed by atoms with van der Waals surface area (Å²) >= 11 is 1.85. The Kier molecular flexibility index (Phi) is 4.93. The van der Waals surface area contributed by atoms with E-state index >= 15 is 0 Å². The molecule has 1 unspecified atom stereocenters. The van der Waals surface area contributed by atoms with E-state index in [-0.39, 0.29) is 12.1 Å². The molecule has 1 aliphatic carbocycles. The number of hydrogen-bond donors (Lipinski definition) is 2. The lowest BCUT2D eigenvalue weighted by molar-refractivity contribution is 0.150. The van der Waals surface area contributed by atoms with Crippen LogP contribution in [0.25, 0.3) is 0 Å². The summed E-state index contributed by atoms with van der Waals surface area (Å²) in [6.07, 6.45) is 2.49. The lowest BCUT2D eigenvalue weighted by atomic mass is 9.95. The van der Waals surface area contributed by atoms with Gasteiger partial charge in [0.1, 0.15) is 0 Å². The Morgan fingerprint density at radius 1 is 1.32 bits per heavy atom. The van der Waals surface area contributed by atoms with Gasteiger partial charge in [-0.25, -0.2) is 0 Å². The largest absolute Gasteiger partial charge is 0.394 e. The van der Waals surface area contributed by atoms with Crippen molar-refractivity contribution in [1.82, 2.24) is 5.32 Å². The van der Waals surface area contributed by atoms with Crippen molar-refractivity contribution in [1.29, 1.82) is 0 Å². The first-order valence-electron chi connectivity index (χ1n) is 7.14. The van der Waals surface area contributed by atoms with Gasteiger partial charge in [-0.3, -0.25) is 0 Å². The number of aliphatic hydroxyl groups excluding tert-OH is 1. The molecular formula is C16H25NOS. The van der Waals surface area contributed by atoms with Gasteiger partial charge in [-0.05, 0) is 37.8 Å². The normalized spacial score (nSPS) is 18.6. The average molecular weight is 279 g/mol. The molecule has 0 spiro atoms. The Labute approximate surface area is 121 Å². The molecule has 106 valence electrons. The molecule has 1 saturated carbocycles. The molecule has 1 aromatic rings. The van der Waals surface area contributed by atoms with Crippen molar-refractivity contribution in [3.63, 3.8) is 0 Å². The van der Waals surface area contributed by atoms with Crippen molar-refractivity contribution in [3.05, 3.63) is 29.8 Å². The average Bonchev–Trinajstić information content (AvgIpc) is 3.20. The topological polar surface area (TPSA) is 32.3 Å². The molecule has 0 heterocycles. The maximum atomic E-state index is 9.88. The number of nitrogens with one attached hydrogen (secondary N) is 1. The molecule has 0 radical (unpaired) electrons. The Morgan fingerprint density at radius 3 is 2.42 bits per heavy atom. The van der Waals surface area contributed by atoms with Crippen LogP contribution in [0.5, 0.6) is 0 Å². The first-order valence-corrected chi connectivity index (χ1v) is 8.12. The van der Waals surface area contributed by atoms with Gasteiger partial charge in [0.2, 0.25) is 0 Å². The van der Waals surface area contributed by atoms with E-state index in [1.807, 2.05) is 11.8 Å². The predicted molar refractivity (Wildman–Crippen MR) is 82.7 cm³/mol. The SMILES string of the molecule is Cc1ccc(SCC(CO)(NC(C)C)C2CC2)cc1. The molecule has 1 aromatic carbocycles. The summed E-state index contributed by atoms with van der Waals surface area (Å²) in [4.78, 5) is 1.29. The second kappa shape index (κ2) is 6.29. The molecule has 0 saturated heterocycles. The molecular weight excluding hydrogens is 254 g/mol. The third-order valence-corrected chi connectivity index (χ3v) is 5.00. The summed E-state index contributed by atoms with van der Waals surface area (Å²) in [6, 6.07) is 9.05. The van der Waals surface area contributed by atoms with Crippen LogP contribution >= 0.6 is 11.8 Å². The van der Waals surface area contributed by atoms with Gasteiger partial charge in [0.05, 0.1) is 12.1 Å². The monoisotopic (exact) mass is 279 g/mol. The van der Waals surface area contributed by atoms with E-state index in [1.54, 1.807) is 0 Å². The number of benzene rings is 1. The molecule has 2 rings (SSSR count). The number of aliphatic hydroxyl groups is 1. The lowest BCUT2D eigenvalue weighted by Gasteiger charge is -2.35. The minimum atomic E-state index is -0.107. The summed E-state index contributed by atoms with van der Waals surface area (Å²) in [6.45, 7) is 6.65. The van der Waals surface area contributed by atoms with Gasteiger partial charge in [0.25, 0.3) is 0 Å². The van der Waals surface area contributed by atoms with Crippen LogP contribution in [0.4, 0.5) is 0 Å². The van der Waals surface area contributed by atoms with E-state index < -0.39 is 0 Å². The van der Waals surface area contributed by atoms with Crippen molar-refractivity contribution < 1.29 is 5.11 Å². The second-order valence-corrected chi connectivity index (χ2v) is 7.04. The Hall–Kier alpha value is -0.510. The molecule has 2 N–H and O–H groups in total. The number of hydrogen-bond acceptors (Lipinski definition) is 3. The van der Waals surface area contributed by atoms with Crippen LogP contribution in [0.3, 0.4) is 0 Å². The number of aryl methyl sites for hydroxylation is 1. The maximum Gasteiger partial charge on any atom is 0.0624 e. The van der Waals surface area contributed by atoms with Crippen molar-refractivity contribution >= 4 is 11.8 Å². The number of thioether (sulfide) groups is 1. The van der Waals surface area contributed by atoms with E-state index in [0.717, 1.165) is 5.75 Å². The van der Waals surface area contributed by atoms with Crippen LogP contribution in [0.1, 0.15) is 32.3 Å². The molecule has 3 heteroatoms. The van der Waals surface area contributed by atoms with Crippen LogP contribution < -0.4 is 5.32 Å². The fourth-order valence-electron chi connectivity index (χ4n) is 2.56.